The van der Waals surface area contributed by atoms with Crippen molar-refractivity contribution in [3.8, 4) is 11.3 Å². The standard InChI is InChI=1S/C16H19BrN4/c1-20-13-6-7-14(20)9-15(8-13)21-10-16(18-19-21)11-2-4-12(17)5-3-11/h2-5,10,13-15H,6-9H2,1H3. The molecule has 2 unspecified atom stereocenters. The van der Waals surface area contributed by atoms with Crippen LogP contribution in [0, 0.1) is 0 Å². The maximum atomic E-state index is 4.40. The van der Waals surface area contributed by atoms with Gasteiger partial charge in [-0.25, -0.2) is 4.68 Å². The largest absolute Gasteiger partial charge is 0.300 e. The van der Waals surface area contributed by atoms with E-state index in [0.717, 1.165) is 27.8 Å². The third-order valence-electron chi connectivity index (χ3n) is 5.10. The van der Waals surface area contributed by atoms with Crippen molar-refractivity contribution in [3.05, 3.63) is 34.9 Å². The molecule has 4 rings (SSSR count). The second kappa shape index (κ2) is 5.21. The first kappa shape index (κ1) is 13.5. The van der Waals surface area contributed by atoms with Crippen LogP contribution < -0.4 is 0 Å². The Hall–Kier alpha value is -1.20. The average Bonchev–Trinajstić information content (AvgIpc) is 3.03. The molecule has 2 aliphatic rings. The number of rotatable bonds is 2. The van der Waals surface area contributed by atoms with E-state index in [2.05, 4.69) is 61.2 Å². The van der Waals surface area contributed by atoms with E-state index in [-0.39, 0.29) is 0 Å². The third kappa shape index (κ3) is 2.42. The molecule has 110 valence electrons. The summed E-state index contributed by atoms with van der Waals surface area (Å²) in [5.41, 5.74) is 2.09. The molecule has 21 heavy (non-hydrogen) atoms. The van der Waals surface area contributed by atoms with E-state index in [1.54, 1.807) is 0 Å². The van der Waals surface area contributed by atoms with E-state index in [9.17, 15) is 0 Å². The third-order valence-corrected chi connectivity index (χ3v) is 5.63. The van der Waals surface area contributed by atoms with Crippen LogP contribution in [0.1, 0.15) is 31.7 Å². The molecular formula is C16H19BrN4. The number of fused-ring (bicyclic) bond motifs is 2. The Kier molecular flexibility index (Phi) is 3.34. The number of piperidine rings is 1. The maximum absolute atomic E-state index is 4.40. The van der Waals surface area contributed by atoms with Crippen molar-refractivity contribution in [2.24, 2.45) is 0 Å². The maximum Gasteiger partial charge on any atom is 0.113 e. The van der Waals surface area contributed by atoms with Crippen molar-refractivity contribution in [1.29, 1.82) is 0 Å². The van der Waals surface area contributed by atoms with Crippen LogP contribution in [0.5, 0.6) is 0 Å². The summed E-state index contributed by atoms with van der Waals surface area (Å²) < 4.78 is 3.18. The van der Waals surface area contributed by atoms with Gasteiger partial charge in [0.15, 0.2) is 0 Å². The minimum atomic E-state index is 0.510. The summed E-state index contributed by atoms with van der Waals surface area (Å²) in [6.07, 6.45) is 7.20. The van der Waals surface area contributed by atoms with E-state index < -0.39 is 0 Å². The van der Waals surface area contributed by atoms with Gasteiger partial charge in [-0.3, -0.25) is 0 Å². The second-order valence-corrected chi connectivity index (χ2v) is 7.18. The molecule has 0 radical (unpaired) electrons. The molecule has 4 nitrogen and oxygen atoms in total. The van der Waals surface area contributed by atoms with Crippen LogP contribution in [0.2, 0.25) is 0 Å². The molecule has 2 aromatic rings. The molecule has 3 heterocycles. The van der Waals surface area contributed by atoms with Crippen molar-refractivity contribution in [1.82, 2.24) is 19.9 Å². The zero-order valence-corrected chi connectivity index (χ0v) is 13.7. The number of nitrogens with zero attached hydrogens (tertiary/aromatic N) is 4. The van der Waals surface area contributed by atoms with E-state index in [1.807, 2.05) is 12.1 Å². The normalized spacial score (nSPS) is 29.0. The molecule has 0 amide bonds. The summed E-state index contributed by atoms with van der Waals surface area (Å²) in [7, 11) is 2.27. The smallest absolute Gasteiger partial charge is 0.113 e. The predicted molar refractivity (Wildman–Crippen MR) is 86.0 cm³/mol. The summed E-state index contributed by atoms with van der Waals surface area (Å²) in [5.74, 6) is 0. The van der Waals surface area contributed by atoms with E-state index in [1.165, 1.54) is 25.7 Å². The Balaban J connectivity index is 1.56. The molecule has 2 atom stereocenters. The molecule has 2 saturated heterocycles. The van der Waals surface area contributed by atoms with Gasteiger partial charge in [0.1, 0.15) is 5.69 Å². The lowest BCUT2D eigenvalue weighted by atomic mass is 9.98. The van der Waals surface area contributed by atoms with Gasteiger partial charge in [0.25, 0.3) is 0 Å². The fourth-order valence-electron chi connectivity index (χ4n) is 3.81. The molecule has 0 N–H and O–H groups in total. The van der Waals surface area contributed by atoms with Crippen molar-refractivity contribution < 1.29 is 0 Å². The van der Waals surface area contributed by atoms with Gasteiger partial charge in [0, 0.05) is 22.1 Å². The number of hydrogen-bond acceptors (Lipinski definition) is 3. The summed E-state index contributed by atoms with van der Waals surface area (Å²) in [5, 5.41) is 8.76. The molecule has 1 aromatic carbocycles. The highest BCUT2D eigenvalue weighted by molar-refractivity contribution is 9.10. The fraction of sp³-hybridized carbons (Fsp3) is 0.500. The lowest BCUT2D eigenvalue weighted by molar-refractivity contribution is 0.130. The summed E-state index contributed by atoms with van der Waals surface area (Å²) in [6.45, 7) is 0. The van der Waals surface area contributed by atoms with Crippen LogP contribution in [0.15, 0.2) is 34.9 Å². The van der Waals surface area contributed by atoms with E-state index >= 15 is 0 Å². The molecular weight excluding hydrogens is 328 g/mol. The molecule has 0 saturated carbocycles. The van der Waals surface area contributed by atoms with Gasteiger partial charge in [0.05, 0.1) is 12.2 Å². The Morgan fingerprint density at radius 1 is 1.05 bits per heavy atom. The molecule has 2 bridgehead atoms. The van der Waals surface area contributed by atoms with Gasteiger partial charge in [-0.05, 0) is 44.9 Å². The highest BCUT2D eigenvalue weighted by Gasteiger charge is 2.39. The topological polar surface area (TPSA) is 34.0 Å². The van der Waals surface area contributed by atoms with E-state index in [0.29, 0.717) is 6.04 Å². The zero-order valence-electron chi connectivity index (χ0n) is 12.1. The minimum Gasteiger partial charge on any atom is -0.300 e. The van der Waals surface area contributed by atoms with Crippen molar-refractivity contribution >= 4 is 15.9 Å². The van der Waals surface area contributed by atoms with Crippen LogP contribution in [0.4, 0.5) is 0 Å². The van der Waals surface area contributed by atoms with Crippen LogP contribution in [-0.2, 0) is 0 Å². The lowest BCUT2D eigenvalue weighted by Crippen LogP contribution is -2.40. The number of halogens is 1. The quantitative estimate of drug-likeness (QED) is 0.834. The fourth-order valence-corrected chi connectivity index (χ4v) is 4.07. The molecule has 5 heteroatoms. The number of hydrogen-bond donors (Lipinski definition) is 0. The molecule has 2 aliphatic heterocycles. The van der Waals surface area contributed by atoms with Crippen LogP contribution in [0.25, 0.3) is 11.3 Å². The molecule has 1 aromatic heterocycles. The first-order chi connectivity index (χ1) is 10.2. The van der Waals surface area contributed by atoms with Crippen LogP contribution >= 0.6 is 15.9 Å². The zero-order chi connectivity index (χ0) is 14.4. The Morgan fingerprint density at radius 3 is 2.38 bits per heavy atom. The SMILES string of the molecule is CN1C2CCC1CC(n1cc(-c3ccc(Br)cc3)nn1)C2. The van der Waals surface area contributed by atoms with Gasteiger partial charge in [-0.2, -0.15) is 0 Å². The van der Waals surface area contributed by atoms with Crippen LogP contribution in [0.3, 0.4) is 0 Å². The summed E-state index contributed by atoms with van der Waals surface area (Å²) >= 11 is 3.47. The van der Waals surface area contributed by atoms with Gasteiger partial charge in [0.2, 0.25) is 0 Å². The van der Waals surface area contributed by atoms with Gasteiger partial charge >= 0.3 is 0 Å². The summed E-state index contributed by atoms with van der Waals surface area (Å²) in [4.78, 5) is 2.56. The Morgan fingerprint density at radius 2 is 1.71 bits per heavy atom. The number of benzene rings is 1. The Labute approximate surface area is 133 Å². The van der Waals surface area contributed by atoms with Gasteiger partial charge < -0.3 is 4.90 Å². The molecule has 2 fully saturated rings. The lowest BCUT2D eigenvalue weighted by Gasteiger charge is -2.36. The van der Waals surface area contributed by atoms with Gasteiger partial charge in [-0.1, -0.05) is 33.3 Å². The number of aromatic nitrogens is 3. The second-order valence-electron chi connectivity index (χ2n) is 6.27. The first-order valence-electron chi connectivity index (χ1n) is 7.60. The minimum absolute atomic E-state index is 0.510. The molecule has 0 spiro atoms. The first-order valence-corrected chi connectivity index (χ1v) is 8.40. The monoisotopic (exact) mass is 346 g/mol. The predicted octanol–water partition coefficient (Wildman–Crippen LogP) is 3.51. The van der Waals surface area contributed by atoms with E-state index in [4.69, 9.17) is 0 Å². The highest BCUT2D eigenvalue weighted by atomic mass is 79.9. The Bertz CT molecular complexity index is 622. The molecule has 0 aliphatic carbocycles. The van der Waals surface area contributed by atoms with Crippen molar-refractivity contribution in [2.75, 3.05) is 7.05 Å². The van der Waals surface area contributed by atoms with Crippen molar-refractivity contribution in [3.63, 3.8) is 0 Å². The highest BCUT2D eigenvalue weighted by Crippen LogP contribution is 2.39. The summed E-state index contributed by atoms with van der Waals surface area (Å²) in [6, 6.07) is 10.2. The van der Waals surface area contributed by atoms with Gasteiger partial charge in [-0.15, -0.1) is 5.10 Å². The van der Waals surface area contributed by atoms with Crippen LogP contribution in [-0.4, -0.2) is 39.0 Å². The average molecular weight is 347 g/mol. The van der Waals surface area contributed by atoms with Crippen molar-refractivity contribution in [2.45, 2.75) is 43.8 Å².